The minimum absolute atomic E-state index is 0.129. The number of hydrogen-bond acceptors (Lipinski definition) is 4. The molecule has 1 aliphatic heterocycles. The fourth-order valence-corrected chi connectivity index (χ4v) is 3.05. The van der Waals surface area contributed by atoms with E-state index < -0.39 is 0 Å². The predicted octanol–water partition coefficient (Wildman–Crippen LogP) is 1.89. The molecule has 0 aromatic rings. The Kier molecular flexibility index (Phi) is 6.80. The van der Waals surface area contributed by atoms with Gasteiger partial charge in [-0.2, -0.15) is 0 Å². The van der Waals surface area contributed by atoms with E-state index in [9.17, 15) is 4.79 Å². The Balaban J connectivity index is 2.47. The van der Waals surface area contributed by atoms with Crippen LogP contribution in [0.3, 0.4) is 0 Å². The Bertz CT molecular complexity index is 283. The molecule has 0 amide bonds. The second kappa shape index (κ2) is 7.85. The fourth-order valence-electron chi connectivity index (χ4n) is 3.05. The maximum absolute atomic E-state index is 11.8. The van der Waals surface area contributed by atoms with Gasteiger partial charge in [-0.1, -0.05) is 13.8 Å². The zero-order chi connectivity index (χ0) is 14.4. The second-order valence-electron chi connectivity index (χ2n) is 5.94. The van der Waals surface area contributed by atoms with Crippen molar-refractivity contribution in [2.75, 3.05) is 26.7 Å². The molecule has 4 atom stereocenters. The number of rotatable bonds is 6. The van der Waals surface area contributed by atoms with E-state index in [4.69, 9.17) is 4.74 Å². The van der Waals surface area contributed by atoms with Gasteiger partial charge in [-0.15, -0.1) is 0 Å². The molecule has 19 heavy (non-hydrogen) atoms. The van der Waals surface area contributed by atoms with Crippen LogP contribution >= 0.6 is 0 Å². The third-order valence-electron chi connectivity index (χ3n) is 4.34. The molecule has 1 rings (SSSR count). The molecule has 1 N–H and O–H groups in total. The van der Waals surface area contributed by atoms with Gasteiger partial charge in [0.25, 0.3) is 0 Å². The molecular weight excluding hydrogens is 240 g/mol. The summed E-state index contributed by atoms with van der Waals surface area (Å²) < 4.78 is 5.08. The zero-order valence-corrected chi connectivity index (χ0v) is 13.1. The predicted molar refractivity (Wildman–Crippen MR) is 78.1 cm³/mol. The van der Waals surface area contributed by atoms with E-state index in [-0.39, 0.29) is 12.0 Å². The molecule has 1 heterocycles. The summed E-state index contributed by atoms with van der Waals surface area (Å²) in [6.45, 7) is 11.3. The molecule has 1 saturated heterocycles. The van der Waals surface area contributed by atoms with Gasteiger partial charge in [-0.3, -0.25) is 4.79 Å². The number of carbonyl (C=O) groups excluding carboxylic acids is 1. The third kappa shape index (κ3) is 4.77. The molecule has 0 aromatic carbocycles. The lowest BCUT2D eigenvalue weighted by molar-refractivity contribution is -0.145. The first-order valence-electron chi connectivity index (χ1n) is 7.57. The van der Waals surface area contributed by atoms with Crippen LogP contribution in [0.4, 0.5) is 0 Å². The molecule has 0 radical (unpaired) electrons. The van der Waals surface area contributed by atoms with Crippen LogP contribution in [0.25, 0.3) is 0 Å². The average molecular weight is 270 g/mol. The van der Waals surface area contributed by atoms with Gasteiger partial charge in [0.2, 0.25) is 0 Å². The fraction of sp³-hybridized carbons (Fsp3) is 0.933. The van der Waals surface area contributed by atoms with Crippen molar-refractivity contribution in [1.82, 2.24) is 10.2 Å². The summed E-state index contributed by atoms with van der Waals surface area (Å²) in [5, 5.41) is 3.06. The highest BCUT2D eigenvalue weighted by Gasteiger charge is 2.29. The average Bonchev–Trinajstić information content (AvgIpc) is 2.36. The van der Waals surface area contributed by atoms with Crippen molar-refractivity contribution in [3.05, 3.63) is 0 Å². The SMILES string of the molecule is CCOC(=O)C(CCN1CC(C)CC(C)C1C)NC. The quantitative estimate of drug-likeness (QED) is 0.749. The minimum atomic E-state index is -0.181. The van der Waals surface area contributed by atoms with Crippen molar-refractivity contribution >= 4 is 5.97 Å². The molecule has 112 valence electrons. The topological polar surface area (TPSA) is 41.6 Å². The van der Waals surface area contributed by atoms with Crippen LogP contribution in [-0.2, 0) is 9.53 Å². The number of esters is 1. The van der Waals surface area contributed by atoms with Gasteiger partial charge in [0.1, 0.15) is 6.04 Å². The lowest BCUT2D eigenvalue weighted by Gasteiger charge is -2.41. The monoisotopic (exact) mass is 270 g/mol. The summed E-state index contributed by atoms with van der Waals surface area (Å²) in [5.74, 6) is 1.36. The minimum Gasteiger partial charge on any atom is -0.465 e. The van der Waals surface area contributed by atoms with Crippen molar-refractivity contribution in [2.24, 2.45) is 11.8 Å². The van der Waals surface area contributed by atoms with E-state index in [0.717, 1.165) is 31.3 Å². The number of piperidine rings is 1. The number of hydrogen-bond donors (Lipinski definition) is 1. The van der Waals surface area contributed by atoms with Crippen LogP contribution in [0, 0.1) is 11.8 Å². The van der Waals surface area contributed by atoms with Gasteiger partial charge in [0, 0.05) is 19.1 Å². The highest BCUT2D eigenvalue weighted by Crippen LogP contribution is 2.26. The van der Waals surface area contributed by atoms with E-state index in [1.807, 2.05) is 14.0 Å². The Labute approximate surface area is 117 Å². The van der Waals surface area contributed by atoms with Gasteiger partial charge in [-0.25, -0.2) is 0 Å². The maximum atomic E-state index is 11.8. The van der Waals surface area contributed by atoms with Crippen LogP contribution < -0.4 is 5.32 Å². The smallest absolute Gasteiger partial charge is 0.323 e. The molecule has 4 nitrogen and oxygen atoms in total. The number of nitrogens with one attached hydrogen (secondary N) is 1. The summed E-state index contributed by atoms with van der Waals surface area (Å²) in [5.41, 5.74) is 0. The van der Waals surface area contributed by atoms with E-state index >= 15 is 0 Å². The maximum Gasteiger partial charge on any atom is 0.323 e. The Hall–Kier alpha value is -0.610. The van der Waals surface area contributed by atoms with Crippen LogP contribution in [-0.4, -0.2) is 49.7 Å². The van der Waals surface area contributed by atoms with E-state index in [1.165, 1.54) is 6.42 Å². The molecule has 0 aromatic heterocycles. The van der Waals surface area contributed by atoms with Crippen molar-refractivity contribution in [1.29, 1.82) is 0 Å². The van der Waals surface area contributed by atoms with Gasteiger partial charge in [-0.05, 0) is 45.6 Å². The molecule has 1 aliphatic rings. The normalized spacial score (nSPS) is 30.1. The molecule has 0 bridgehead atoms. The molecule has 0 aliphatic carbocycles. The largest absolute Gasteiger partial charge is 0.465 e. The molecule has 0 saturated carbocycles. The summed E-state index contributed by atoms with van der Waals surface area (Å²) >= 11 is 0. The standard InChI is InChI=1S/C15H30N2O2/c1-6-19-15(18)14(16-5)7-8-17-10-11(2)9-12(3)13(17)4/h11-14,16H,6-10H2,1-5H3. The van der Waals surface area contributed by atoms with Crippen LogP contribution in [0.2, 0.25) is 0 Å². The molecule has 4 heteroatoms. The van der Waals surface area contributed by atoms with Gasteiger partial charge in [0.05, 0.1) is 6.61 Å². The van der Waals surface area contributed by atoms with E-state index in [2.05, 4.69) is 31.0 Å². The van der Waals surface area contributed by atoms with Crippen molar-refractivity contribution < 1.29 is 9.53 Å². The first-order valence-corrected chi connectivity index (χ1v) is 7.57. The number of carbonyl (C=O) groups is 1. The summed E-state index contributed by atoms with van der Waals surface area (Å²) in [7, 11) is 1.83. The lowest BCUT2D eigenvalue weighted by Crippen LogP contribution is -2.48. The van der Waals surface area contributed by atoms with Crippen molar-refractivity contribution in [2.45, 2.75) is 52.6 Å². The number of likely N-dealkylation sites (tertiary alicyclic amines) is 1. The lowest BCUT2D eigenvalue weighted by atomic mass is 9.86. The molecule has 0 spiro atoms. The zero-order valence-electron chi connectivity index (χ0n) is 13.1. The van der Waals surface area contributed by atoms with Crippen LogP contribution in [0.15, 0.2) is 0 Å². The Morgan fingerprint density at radius 3 is 2.68 bits per heavy atom. The van der Waals surface area contributed by atoms with Crippen LogP contribution in [0.1, 0.15) is 40.5 Å². The number of ether oxygens (including phenoxy) is 1. The Morgan fingerprint density at radius 1 is 1.42 bits per heavy atom. The number of likely N-dealkylation sites (N-methyl/N-ethyl adjacent to an activating group) is 1. The van der Waals surface area contributed by atoms with Crippen molar-refractivity contribution in [3.63, 3.8) is 0 Å². The second-order valence-corrected chi connectivity index (χ2v) is 5.94. The summed E-state index contributed by atoms with van der Waals surface area (Å²) in [4.78, 5) is 14.3. The van der Waals surface area contributed by atoms with E-state index in [0.29, 0.717) is 12.6 Å². The number of nitrogens with zero attached hydrogens (tertiary/aromatic N) is 1. The van der Waals surface area contributed by atoms with Gasteiger partial charge in [0.15, 0.2) is 0 Å². The molecule has 1 fully saturated rings. The highest BCUT2D eigenvalue weighted by molar-refractivity contribution is 5.75. The molecular formula is C15H30N2O2. The van der Waals surface area contributed by atoms with Gasteiger partial charge < -0.3 is 15.0 Å². The van der Waals surface area contributed by atoms with E-state index in [1.54, 1.807) is 0 Å². The highest BCUT2D eigenvalue weighted by atomic mass is 16.5. The van der Waals surface area contributed by atoms with Crippen molar-refractivity contribution in [3.8, 4) is 0 Å². The summed E-state index contributed by atoms with van der Waals surface area (Å²) in [6.07, 6.45) is 2.13. The Morgan fingerprint density at radius 2 is 2.11 bits per heavy atom. The van der Waals surface area contributed by atoms with Crippen LogP contribution in [0.5, 0.6) is 0 Å². The summed E-state index contributed by atoms with van der Waals surface area (Å²) in [6, 6.07) is 0.426. The third-order valence-corrected chi connectivity index (χ3v) is 4.34. The first kappa shape index (κ1) is 16.4. The van der Waals surface area contributed by atoms with Gasteiger partial charge >= 0.3 is 5.97 Å². The molecule has 4 unspecified atom stereocenters. The first-order chi connectivity index (χ1) is 8.99.